The molecule has 0 saturated heterocycles. The maximum atomic E-state index is 13.6. The minimum atomic E-state index is -0.275. The summed E-state index contributed by atoms with van der Waals surface area (Å²) in [5.41, 5.74) is 10.1. The zero-order valence-corrected chi connectivity index (χ0v) is 14.3. The molecule has 0 unspecified atom stereocenters. The Hall–Kier alpha value is -0.820. The third kappa shape index (κ3) is 3.20. The van der Waals surface area contributed by atoms with Crippen molar-refractivity contribution in [2.75, 3.05) is 11.1 Å². The monoisotopic (exact) mass is 434 g/mol. The molecular formula is C14H13BrFIN2. The van der Waals surface area contributed by atoms with Gasteiger partial charge in [0.05, 0.1) is 14.9 Å². The fraction of sp³-hybridized carbons (Fsp3) is 0.143. The largest absolute Gasteiger partial charge is 0.397 e. The van der Waals surface area contributed by atoms with E-state index >= 15 is 0 Å². The number of nitrogen functional groups attached to an aromatic ring is 1. The highest BCUT2D eigenvalue weighted by molar-refractivity contribution is 14.1. The van der Waals surface area contributed by atoms with Crippen molar-refractivity contribution in [3.8, 4) is 0 Å². The molecule has 0 atom stereocenters. The summed E-state index contributed by atoms with van der Waals surface area (Å²) in [6.07, 6.45) is 0. The Balaban J connectivity index is 2.39. The number of halogens is 3. The number of rotatable bonds is 2. The van der Waals surface area contributed by atoms with Crippen LogP contribution in [0.25, 0.3) is 0 Å². The van der Waals surface area contributed by atoms with Gasteiger partial charge in [-0.05, 0) is 65.8 Å². The quantitative estimate of drug-likeness (QED) is 0.507. The highest BCUT2D eigenvalue weighted by atomic mass is 127. The highest BCUT2D eigenvalue weighted by Gasteiger charge is 2.08. The first-order valence-corrected chi connectivity index (χ1v) is 7.54. The van der Waals surface area contributed by atoms with E-state index in [0.29, 0.717) is 14.9 Å². The van der Waals surface area contributed by atoms with E-state index < -0.39 is 0 Å². The Kier molecular flexibility index (Phi) is 4.35. The van der Waals surface area contributed by atoms with Gasteiger partial charge in [0.15, 0.2) is 0 Å². The minimum absolute atomic E-state index is 0.275. The lowest BCUT2D eigenvalue weighted by Gasteiger charge is -2.13. The number of hydrogen-bond acceptors (Lipinski definition) is 2. The average molecular weight is 435 g/mol. The van der Waals surface area contributed by atoms with Gasteiger partial charge in [-0.25, -0.2) is 4.39 Å². The Bertz CT molecular complexity index is 621. The van der Waals surface area contributed by atoms with E-state index in [2.05, 4.69) is 21.2 Å². The van der Waals surface area contributed by atoms with E-state index in [1.54, 1.807) is 6.07 Å². The number of nitrogens with two attached hydrogens (primary N) is 1. The van der Waals surface area contributed by atoms with Gasteiger partial charge >= 0.3 is 0 Å². The smallest absolute Gasteiger partial charge is 0.138 e. The Labute approximate surface area is 133 Å². The molecule has 100 valence electrons. The molecule has 0 fully saturated rings. The number of hydrogen-bond donors (Lipinski definition) is 2. The van der Waals surface area contributed by atoms with Gasteiger partial charge in [-0.15, -0.1) is 0 Å². The Morgan fingerprint density at radius 2 is 1.74 bits per heavy atom. The van der Waals surface area contributed by atoms with Crippen LogP contribution in [-0.2, 0) is 0 Å². The summed E-state index contributed by atoms with van der Waals surface area (Å²) in [4.78, 5) is 0. The van der Waals surface area contributed by atoms with Crippen molar-refractivity contribution >= 4 is 55.6 Å². The predicted octanol–water partition coefficient (Wildman–Crippen LogP) is 5.14. The molecule has 2 aromatic carbocycles. The second-order valence-electron chi connectivity index (χ2n) is 4.40. The van der Waals surface area contributed by atoms with Crippen molar-refractivity contribution in [2.24, 2.45) is 0 Å². The molecule has 0 heterocycles. The number of anilines is 3. The van der Waals surface area contributed by atoms with E-state index in [1.165, 1.54) is 6.07 Å². The van der Waals surface area contributed by atoms with Gasteiger partial charge in [-0.1, -0.05) is 15.9 Å². The molecule has 0 bridgehead atoms. The van der Waals surface area contributed by atoms with E-state index in [0.717, 1.165) is 21.3 Å². The summed E-state index contributed by atoms with van der Waals surface area (Å²) in [5, 5.41) is 3.16. The van der Waals surface area contributed by atoms with Gasteiger partial charge in [0.1, 0.15) is 5.82 Å². The average Bonchev–Trinajstić information content (AvgIpc) is 2.33. The van der Waals surface area contributed by atoms with Crippen LogP contribution in [0.5, 0.6) is 0 Å². The molecule has 2 nitrogen and oxygen atoms in total. The molecule has 0 radical (unpaired) electrons. The molecule has 0 aliphatic carbocycles. The first-order valence-electron chi connectivity index (χ1n) is 5.67. The Morgan fingerprint density at radius 1 is 1.16 bits per heavy atom. The van der Waals surface area contributed by atoms with Crippen molar-refractivity contribution in [1.29, 1.82) is 0 Å². The third-order valence-electron chi connectivity index (χ3n) is 2.81. The van der Waals surface area contributed by atoms with Crippen molar-refractivity contribution in [3.63, 3.8) is 0 Å². The molecular weight excluding hydrogens is 422 g/mol. The molecule has 19 heavy (non-hydrogen) atoms. The first-order chi connectivity index (χ1) is 8.88. The molecule has 2 rings (SSSR count). The summed E-state index contributed by atoms with van der Waals surface area (Å²) in [6, 6.07) is 7.03. The highest BCUT2D eigenvalue weighted by Crippen LogP contribution is 2.30. The summed E-state index contributed by atoms with van der Waals surface area (Å²) in [5.74, 6) is -0.275. The van der Waals surface area contributed by atoms with E-state index in [-0.39, 0.29) is 5.82 Å². The van der Waals surface area contributed by atoms with Crippen LogP contribution < -0.4 is 11.1 Å². The molecule has 0 aliphatic heterocycles. The van der Waals surface area contributed by atoms with Crippen molar-refractivity contribution in [1.82, 2.24) is 0 Å². The lowest BCUT2D eigenvalue weighted by molar-refractivity contribution is 0.621. The maximum Gasteiger partial charge on any atom is 0.138 e. The molecule has 0 amide bonds. The molecule has 0 saturated carbocycles. The van der Waals surface area contributed by atoms with Gasteiger partial charge < -0.3 is 11.1 Å². The van der Waals surface area contributed by atoms with Crippen LogP contribution in [0.3, 0.4) is 0 Å². The van der Waals surface area contributed by atoms with Crippen LogP contribution in [0.15, 0.2) is 28.7 Å². The third-order valence-corrected chi connectivity index (χ3v) is 4.89. The summed E-state index contributed by atoms with van der Waals surface area (Å²) in [7, 11) is 0. The zero-order chi connectivity index (χ0) is 14.2. The van der Waals surface area contributed by atoms with Crippen LogP contribution in [0.1, 0.15) is 11.1 Å². The number of nitrogens with one attached hydrogen (secondary N) is 1. The molecule has 0 aromatic heterocycles. The van der Waals surface area contributed by atoms with E-state index in [9.17, 15) is 4.39 Å². The second-order valence-corrected chi connectivity index (χ2v) is 6.36. The van der Waals surface area contributed by atoms with E-state index in [4.69, 9.17) is 5.73 Å². The fourth-order valence-corrected chi connectivity index (χ4v) is 2.56. The van der Waals surface area contributed by atoms with Gasteiger partial charge in [0, 0.05) is 16.2 Å². The Morgan fingerprint density at radius 3 is 2.32 bits per heavy atom. The van der Waals surface area contributed by atoms with Gasteiger partial charge in [-0.3, -0.25) is 0 Å². The zero-order valence-electron chi connectivity index (χ0n) is 10.5. The van der Waals surface area contributed by atoms with Crippen LogP contribution in [0.2, 0.25) is 0 Å². The second kappa shape index (κ2) is 5.66. The van der Waals surface area contributed by atoms with Crippen LogP contribution >= 0.6 is 38.5 Å². The summed E-state index contributed by atoms with van der Waals surface area (Å²) in [6.45, 7) is 4.03. The molecule has 2 aromatic rings. The topological polar surface area (TPSA) is 38.0 Å². The first kappa shape index (κ1) is 14.6. The molecule has 0 aliphatic rings. The van der Waals surface area contributed by atoms with Crippen LogP contribution in [0, 0.1) is 23.2 Å². The van der Waals surface area contributed by atoms with Crippen LogP contribution in [-0.4, -0.2) is 0 Å². The maximum absolute atomic E-state index is 13.6. The lowest BCUT2D eigenvalue weighted by atomic mass is 10.1. The molecule has 5 heteroatoms. The predicted molar refractivity (Wildman–Crippen MR) is 90.4 cm³/mol. The summed E-state index contributed by atoms with van der Waals surface area (Å²) < 4.78 is 15.2. The number of aryl methyl sites for hydroxylation is 2. The van der Waals surface area contributed by atoms with Crippen LogP contribution in [0.4, 0.5) is 21.5 Å². The van der Waals surface area contributed by atoms with Crippen molar-refractivity contribution < 1.29 is 4.39 Å². The lowest BCUT2D eigenvalue weighted by Crippen LogP contribution is -1.99. The minimum Gasteiger partial charge on any atom is -0.397 e. The SMILES string of the molecule is Cc1cc(Nc2cc(F)c(I)cc2N)cc(C)c1Br. The number of benzene rings is 2. The van der Waals surface area contributed by atoms with Crippen molar-refractivity contribution in [3.05, 3.63) is 49.3 Å². The molecule has 3 N–H and O–H groups in total. The fourth-order valence-electron chi connectivity index (χ4n) is 1.84. The van der Waals surface area contributed by atoms with Gasteiger partial charge in [0.2, 0.25) is 0 Å². The van der Waals surface area contributed by atoms with Crippen molar-refractivity contribution in [2.45, 2.75) is 13.8 Å². The normalized spacial score (nSPS) is 10.6. The van der Waals surface area contributed by atoms with Gasteiger partial charge in [0.25, 0.3) is 0 Å². The molecule has 0 spiro atoms. The standard InChI is InChI=1S/C14H13BrFIN2/c1-7-3-9(4-8(2)14(7)15)19-13-5-10(16)11(17)6-12(13)18/h3-6,19H,18H2,1-2H3. The summed E-state index contributed by atoms with van der Waals surface area (Å²) >= 11 is 5.44. The van der Waals surface area contributed by atoms with E-state index in [1.807, 2.05) is 48.6 Å². The van der Waals surface area contributed by atoms with Gasteiger partial charge in [-0.2, -0.15) is 0 Å².